The van der Waals surface area contributed by atoms with Crippen LogP contribution in [-0.2, 0) is 17.8 Å². The van der Waals surface area contributed by atoms with Crippen molar-refractivity contribution in [2.24, 2.45) is 5.73 Å². The van der Waals surface area contributed by atoms with Gasteiger partial charge in [0.15, 0.2) is 0 Å². The highest BCUT2D eigenvalue weighted by Crippen LogP contribution is 2.23. The predicted molar refractivity (Wildman–Crippen MR) is 100.0 cm³/mol. The average Bonchev–Trinajstić information content (AvgIpc) is 2.67. The van der Waals surface area contributed by atoms with E-state index in [1.54, 1.807) is 24.1 Å². The number of fused-ring (bicyclic) bond motifs is 1. The van der Waals surface area contributed by atoms with Gasteiger partial charge in [-0.15, -0.1) is 0 Å². The van der Waals surface area contributed by atoms with E-state index in [1.165, 1.54) is 6.07 Å². The number of nitrogens with two attached hydrogens (primary N) is 1. The van der Waals surface area contributed by atoms with Crippen LogP contribution in [0.15, 0.2) is 60.7 Å². The molecule has 0 unspecified atom stereocenters. The number of amides is 1. The van der Waals surface area contributed by atoms with Crippen molar-refractivity contribution in [2.45, 2.75) is 19.4 Å². The van der Waals surface area contributed by atoms with Crippen LogP contribution in [0, 0.1) is 5.82 Å². The third kappa shape index (κ3) is 3.69. The van der Waals surface area contributed by atoms with Gasteiger partial charge in [0.2, 0.25) is 5.91 Å². The molecule has 0 aliphatic carbocycles. The summed E-state index contributed by atoms with van der Waals surface area (Å²) in [6, 6.07) is 18.2. The van der Waals surface area contributed by atoms with Gasteiger partial charge in [-0.05, 0) is 41.1 Å². The summed E-state index contributed by atoms with van der Waals surface area (Å²) in [5.41, 5.74) is 8.45. The van der Waals surface area contributed by atoms with Crippen molar-refractivity contribution in [3.8, 4) is 0 Å². The molecule has 0 heterocycles. The molecule has 0 atom stereocenters. The summed E-state index contributed by atoms with van der Waals surface area (Å²) in [6.07, 6.45) is 0.940. The Morgan fingerprint density at radius 2 is 1.68 bits per heavy atom. The number of rotatable bonds is 5. The largest absolute Gasteiger partial charge is 0.326 e. The molecular weight excluding hydrogens is 315 g/mol. The zero-order valence-corrected chi connectivity index (χ0v) is 14.2. The molecule has 1 amide bonds. The summed E-state index contributed by atoms with van der Waals surface area (Å²) in [5.74, 6) is -0.211. The highest BCUT2D eigenvalue weighted by molar-refractivity contribution is 5.93. The molecule has 0 saturated heterocycles. The molecular formula is C21H21FN2O. The topological polar surface area (TPSA) is 46.3 Å². The quantitative estimate of drug-likeness (QED) is 0.764. The van der Waals surface area contributed by atoms with E-state index in [9.17, 15) is 9.18 Å². The van der Waals surface area contributed by atoms with Gasteiger partial charge in [0.05, 0.1) is 0 Å². The van der Waals surface area contributed by atoms with Crippen LogP contribution in [0.5, 0.6) is 0 Å². The summed E-state index contributed by atoms with van der Waals surface area (Å²) in [7, 11) is 1.77. The van der Waals surface area contributed by atoms with Crippen LogP contribution in [0.4, 0.5) is 10.1 Å². The highest BCUT2D eigenvalue weighted by Gasteiger charge is 2.12. The van der Waals surface area contributed by atoms with Gasteiger partial charge in [0.25, 0.3) is 0 Å². The Balaban J connectivity index is 1.72. The van der Waals surface area contributed by atoms with E-state index >= 15 is 0 Å². The Hall–Kier alpha value is -2.72. The smallest absolute Gasteiger partial charge is 0.227 e. The molecule has 0 saturated carbocycles. The van der Waals surface area contributed by atoms with Gasteiger partial charge in [0.1, 0.15) is 5.82 Å². The zero-order valence-electron chi connectivity index (χ0n) is 14.2. The summed E-state index contributed by atoms with van der Waals surface area (Å²) in [6.45, 7) is 0.482. The third-order valence-electron chi connectivity index (χ3n) is 4.50. The molecule has 128 valence electrons. The maximum Gasteiger partial charge on any atom is 0.227 e. The van der Waals surface area contributed by atoms with Crippen molar-refractivity contribution < 1.29 is 9.18 Å². The molecule has 0 bridgehead atoms. The molecule has 0 aromatic heterocycles. The third-order valence-corrected chi connectivity index (χ3v) is 4.50. The van der Waals surface area contributed by atoms with Gasteiger partial charge in [-0.25, -0.2) is 4.39 Å². The molecule has 3 aromatic carbocycles. The Morgan fingerprint density at radius 1 is 1.00 bits per heavy atom. The van der Waals surface area contributed by atoms with Gasteiger partial charge in [-0.1, -0.05) is 42.5 Å². The van der Waals surface area contributed by atoms with Gasteiger partial charge >= 0.3 is 0 Å². The maximum absolute atomic E-state index is 13.9. The van der Waals surface area contributed by atoms with E-state index in [2.05, 4.69) is 0 Å². The van der Waals surface area contributed by atoms with E-state index in [0.717, 1.165) is 22.2 Å². The van der Waals surface area contributed by atoms with Gasteiger partial charge < -0.3 is 10.6 Å². The number of hydrogen-bond acceptors (Lipinski definition) is 2. The number of benzene rings is 3. The SMILES string of the molecule is CN(C(=O)CCc1ccc(F)c2ccccc12)c1ccc(CN)cc1. The van der Waals surface area contributed by atoms with Gasteiger partial charge in [-0.3, -0.25) is 4.79 Å². The molecule has 3 nitrogen and oxygen atoms in total. The molecule has 4 heteroatoms. The second-order valence-corrected chi connectivity index (χ2v) is 6.08. The molecule has 25 heavy (non-hydrogen) atoms. The first kappa shape index (κ1) is 17.1. The van der Waals surface area contributed by atoms with Gasteiger partial charge in [0, 0.05) is 31.1 Å². The Labute approximate surface area is 146 Å². The summed E-state index contributed by atoms with van der Waals surface area (Å²) in [4.78, 5) is 14.1. The molecule has 0 spiro atoms. The zero-order chi connectivity index (χ0) is 17.8. The fourth-order valence-electron chi connectivity index (χ4n) is 2.95. The fraction of sp³-hybridized carbons (Fsp3) is 0.190. The minimum atomic E-state index is -0.234. The lowest BCUT2D eigenvalue weighted by atomic mass is 10.00. The Morgan fingerprint density at radius 3 is 2.36 bits per heavy atom. The highest BCUT2D eigenvalue weighted by atomic mass is 19.1. The number of aryl methyl sites for hydroxylation is 1. The summed E-state index contributed by atoms with van der Waals surface area (Å²) in [5, 5.41) is 1.46. The predicted octanol–water partition coefficient (Wildman–Crippen LogP) is 4.03. The number of carbonyl (C=O) groups excluding carboxylic acids is 1. The molecule has 0 aliphatic heterocycles. The van der Waals surface area contributed by atoms with Crippen molar-refractivity contribution in [1.29, 1.82) is 0 Å². The van der Waals surface area contributed by atoms with Crippen LogP contribution >= 0.6 is 0 Å². The molecule has 3 aromatic rings. The Bertz CT molecular complexity index is 890. The van der Waals surface area contributed by atoms with Crippen LogP contribution in [0.2, 0.25) is 0 Å². The number of nitrogens with zero attached hydrogens (tertiary/aromatic N) is 1. The van der Waals surface area contributed by atoms with E-state index in [1.807, 2.05) is 42.5 Å². The van der Waals surface area contributed by atoms with Crippen LogP contribution in [-0.4, -0.2) is 13.0 Å². The number of carbonyl (C=O) groups is 1. The summed E-state index contributed by atoms with van der Waals surface area (Å²) < 4.78 is 13.9. The number of halogens is 1. The standard InChI is InChI=1S/C21H21FN2O/c1-24(17-10-6-15(14-23)7-11-17)21(25)13-9-16-8-12-20(22)19-5-3-2-4-18(16)19/h2-8,10-12H,9,13-14,23H2,1H3. The molecule has 0 fully saturated rings. The average molecular weight is 336 g/mol. The van der Waals surface area contributed by atoms with Crippen LogP contribution in [0.1, 0.15) is 17.5 Å². The maximum atomic E-state index is 13.9. The first-order valence-corrected chi connectivity index (χ1v) is 8.32. The van der Waals surface area contributed by atoms with E-state index in [4.69, 9.17) is 5.73 Å². The van der Waals surface area contributed by atoms with E-state index in [0.29, 0.717) is 24.8 Å². The monoisotopic (exact) mass is 336 g/mol. The summed E-state index contributed by atoms with van der Waals surface area (Å²) >= 11 is 0. The van der Waals surface area contributed by atoms with Crippen LogP contribution in [0.3, 0.4) is 0 Å². The van der Waals surface area contributed by atoms with Crippen molar-refractivity contribution >= 4 is 22.4 Å². The second-order valence-electron chi connectivity index (χ2n) is 6.08. The minimum Gasteiger partial charge on any atom is -0.326 e. The molecule has 3 rings (SSSR count). The first-order valence-electron chi connectivity index (χ1n) is 8.32. The molecule has 2 N–H and O–H groups in total. The number of hydrogen-bond donors (Lipinski definition) is 1. The fourth-order valence-corrected chi connectivity index (χ4v) is 2.95. The molecule has 0 radical (unpaired) electrons. The van der Waals surface area contributed by atoms with Crippen LogP contribution in [0.25, 0.3) is 10.8 Å². The number of anilines is 1. The normalized spacial score (nSPS) is 10.8. The molecule has 0 aliphatic rings. The first-order chi connectivity index (χ1) is 12.1. The van der Waals surface area contributed by atoms with Gasteiger partial charge in [-0.2, -0.15) is 0 Å². The van der Waals surface area contributed by atoms with Crippen molar-refractivity contribution in [3.63, 3.8) is 0 Å². The van der Waals surface area contributed by atoms with Crippen LogP contribution < -0.4 is 10.6 Å². The Kier molecular flexibility index (Phi) is 5.10. The van der Waals surface area contributed by atoms with Crippen molar-refractivity contribution in [1.82, 2.24) is 0 Å². The van der Waals surface area contributed by atoms with E-state index < -0.39 is 0 Å². The van der Waals surface area contributed by atoms with Crippen molar-refractivity contribution in [2.75, 3.05) is 11.9 Å². The van der Waals surface area contributed by atoms with E-state index in [-0.39, 0.29) is 11.7 Å². The second kappa shape index (κ2) is 7.45. The van der Waals surface area contributed by atoms with Crippen molar-refractivity contribution in [3.05, 3.63) is 77.6 Å². The lowest BCUT2D eigenvalue weighted by molar-refractivity contribution is -0.118. The lowest BCUT2D eigenvalue weighted by Gasteiger charge is -2.18. The minimum absolute atomic E-state index is 0.0221. The lowest BCUT2D eigenvalue weighted by Crippen LogP contribution is -2.26.